The van der Waals surface area contributed by atoms with Gasteiger partial charge >= 0.3 is 0 Å². The summed E-state index contributed by atoms with van der Waals surface area (Å²) in [5.74, 6) is 0. The van der Waals surface area contributed by atoms with Crippen molar-refractivity contribution in [3.8, 4) is 0 Å². The molecule has 0 spiro atoms. The first-order valence-corrected chi connectivity index (χ1v) is 8.12. The Balaban J connectivity index is 1.99. The van der Waals surface area contributed by atoms with Crippen LogP contribution in [-0.2, 0) is 12.8 Å². The van der Waals surface area contributed by atoms with Crippen molar-refractivity contribution < 1.29 is 0 Å². The SMILES string of the molecule is CNC(c1ccc2c(c1)CCCC2)c1ccc(Cl)cc1C. The molecular weight excluding hydrogens is 278 g/mol. The minimum Gasteiger partial charge on any atom is -0.309 e. The van der Waals surface area contributed by atoms with Crippen LogP contribution in [0.15, 0.2) is 36.4 Å². The minimum atomic E-state index is 0.231. The summed E-state index contributed by atoms with van der Waals surface area (Å²) < 4.78 is 0. The fraction of sp³-hybridized carbons (Fsp3) is 0.368. The molecule has 0 fully saturated rings. The molecule has 0 saturated heterocycles. The van der Waals surface area contributed by atoms with Crippen molar-refractivity contribution in [3.63, 3.8) is 0 Å². The predicted octanol–water partition coefficient (Wildman–Crippen LogP) is 4.84. The molecular formula is C19H22ClN. The summed E-state index contributed by atoms with van der Waals surface area (Å²) in [6.07, 6.45) is 5.11. The second-order valence-corrected chi connectivity index (χ2v) is 6.39. The molecule has 0 saturated carbocycles. The lowest BCUT2D eigenvalue weighted by atomic mass is 9.87. The Bertz CT molecular complexity index is 648. The maximum Gasteiger partial charge on any atom is 0.0577 e. The average Bonchev–Trinajstić information content (AvgIpc) is 2.50. The van der Waals surface area contributed by atoms with Crippen molar-refractivity contribution in [1.29, 1.82) is 0 Å². The monoisotopic (exact) mass is 299 g/mol. The summed E-state index contributed by atoms with van der Waals surface area (Å²) in [7, 11) is 2.03. The van der Waals surface area contributed by atoms with Gasteiger partial charge in [0.2, 0.25) is 0 Å². The van der Waals surface area contributed by atoms with E-state index in [1.807, 2.05) is 19.2 Å². The van der Waals surface area contributed by atoms with Crippen LogP contribution in [0.1, 0.15) is 46.7 Å². The molecule has 2 aromatic carbocycles. The first kappa shape index (κ1) is 14.6. The van der Waals surface area contributed by atoms with Gasteiger partial charge in [-0.25, -0.2) is 0 Å². The molecule has 1 atom stereocenters. The third-order valence-electron chi connectivity index (χ3n) is 4.54. The number of hydrogen-bond donors (Lipinski definition) is 1. The van der Waals surface area contributed by atoms with E-state index in [1.54, 1.807) is 0 Å². The maximum atomic E-state index is 6.09. The van der Waals surface area contributed by atoms with E-state index in [9.17, 15) is 0 Å². The molecule has 0 aromatic heterocycles. The number of hydrogen-bond acceptors (Lipinski definition) is 1. The fourth-order valence-corrected chi connectivity index (χ4v) is 3.62. The molecule has 2 aromatic rings. The fourth-order valence-electron chi connectivity index (χ4n) is 3.40. The van der Waals surface area contributed by atoms with Gasteiger partial charge in [-0.2, -0.15) is 0 Å². The minimum absolute atomic E-state index is 0.231. The van der Waals surface area contributed by atoms with Crippen LogP contribution >= 0.6 is 11.6 Å². The Morgan fingerprint density at radius 3 is 2.48 bits per heavy atom. The highest BCUT2D eigenvalue weighted by Crippen LogP contribution is 2.30. The van der Waals surface area contributed by atoms with E-state index < -0.39 is 0 Å². The lowest BCUT2D eigenvalue weighted by Crippen LogP contribution is -2.19. The van der Waals surface area contributed by atoms with Gasteiger partial charge in [0, 0.05) is 5.02 Å². The van der Waals surface area contributed by atoms with E-state index in [2.05, 4.69) is 36.5 Å². The van der Waals surface area contributed by atoms with Gasteiger partial charge in [-0.15, -0.1) is 0 Å². The number of halogens is 1. The van der Waals surface area contributed by atoms with Crippen LogP contribution in [0.25, 0.3) is 0 Å². The normalized spacial score (nSPS) is 15.6. The number of rotatable bonds is 3. The van der Waals surface area contributed by atoms with E-state index in [1.165, 1.54) is 53.5 Å². The topological polar surface area (TPSA) is 12.0 Å². The van der Waals surface area contributed by atoms with Crippen molar-refractivity contribution in [2.24, 2.45) is 0 Å². The Labute approximate surface area is 132 Å². The summed E-state index contributed by atoms with van der Waals surface area (Å²) in [6, 6.07) is 13.4. The molecule has 0 heterocycles. The summed E-state index contributed by atoms with van der Waals surface area (Å²) in [5, 5.41) is 4.26. The summed E-state index contributed by atoms with van der Waals surface area (Å²) in [4.78, 5) is 0. The van der Waals surface area contributed by atoms with Crippen LogP contribution in [0.2, 0.25) is 5.02 Å². The van der Waals surface area contributed by atoms with E-state index >= 15 is 0 Å². The van der Waals surface area contributed by atoms with Crippen LogP contribution in [-0.4, -0.2) is 7.05 Å². The van der Waals surface area contributed by atoms with Gasteiger partial charge < -0.3 is 5.32 Å². The van der Waals surface area contributed by atoms with E-state index in [0.717, 1.165) is 5.02 Å². The maximum absolute atomic E-state index is 6.09. The Kier molecular flexibility index (Phi) is 4.32. The Hall–Kier alpha value is -1.31. The lowest BCUT2D eigenvalue weighted by molar-refractivity contribution is 0.666. The molecule has 1 aliphatic carbocycles. The molecule has 1 unspecified atom stereocenters. The first-order valence-electron chi connectivity index (χ1n) is 7.74. The van der Waals surface area contributed by atoms with Gasteiger partial charge in [-0.3, -0.25) is 0 Å². The van der Waals surface area contributed by atoms with Crippen molar-refractivity contribution in [1.82, 2.24) is 5.32 Å². The van der Waals surface area contributed by atoms with Crippen LogP contribution < -0.4 is 5.32 Å². The Morgan fingerprint density at radius 1 is 1.00 bits per heavy atom. The molecule has 2 heteroatoms. The third kappa shape index (κ3) is 3.00. The van der Waals surface area contributed by atoms with Gasteiger partial charge in [0.25, 0.3) is 0 Å². The van der Waals surface area contributed by atoms with Gasteiger partial charge in [0.1, 0.15) is 0 Å². The predicted molar refractivity (Wildman–Crippen MR) is 90.2 cm³/mol. The van der Waals surface area contributed by atoms with Crippen molar-refractivity contribution in [2.45, 2.75) is 38.6 Å². The quantitative estimate of drug-likeness (QED) is 0.855. The lowest BCUT2D eigenvalue weighted by Gasteiger charge is -2.23. The third-order valence-corrected chi connectivity index (χ3v) is 4.77. The smallest absolute Gasteiger partial charge is 0.0577 e. The largest absolute Gasteiger partial charge is 0.309 e. The van der Waals surface area contributed by atoms with E-state index in [4.69, 9.17) is 11.6 Å². The summed E-state index contributed by atoms with van der Waals surface area (Å²) in [6.45, 7) is 2.13. The van der Waals surface area contributed by atoms with Gasteiger partial charge in [0.05, 0.1) is 6.04 Å². The van der Waals surface area contributed by atoms with Crippen molar-refractivity contribution in [3.05, 3.63) is 69.2 Å². The number of nitrogens with one attached hydrogen (secondary N) is 1. The van der Waals surface area contributed by atoms with Gasteiger partial charge in [-0.05, 0) is 79.6 Å². The highest BCUT2D eigenvalue weighted by molar-refractivity contribution is 6.30. The first-order chi connectivity index (χ1) is 10.2. The molecule has 21 heavy (non-hydrogen) atoms. The summed E-state index contributed by atoms with van der Waals surface area (Å²) >= 11 is 6.09. The molecule has 1 N–H and O–H groups in total. The number of fused-ring (bicyclic) bond motifs is 1. The Morgan fingerprint density at radius 2 is 1.76 bits per heavy atom. The molecule has 110 valence electrons. The average molecular weight is 300 g/mol. The van der Waals surface area contributed by atoms with Crippen LogP contribution in [0, 0.1) is 6.92 Å². The second-order valence-electron chi connectivity index (χ2n) is 5.96. The van der Waals surface area contributed by atoms with Crippen molar-refractivity contribution >= 4 is 11.6 Å². The molecule has 0 amide bonds. The molecule has 0 aliphatic heterocycles. The molecule has 1 nitrogen and oxygen atoms in total. The highest BCUT2D eigenvalue weighted by atomic mass is 35.5. The van der Waals surface area contributed by atoms with E-state index in [0.29, 0.717) is 0 Å². The van der Waals surface area contributed by atoms with Gasteiger partial charge in [0.15, 0.2) is 0 Å². The molecule has 3 rings (SSSR count). The zero-order chi connectivity index (χ0) is 14.8. The number of aryl methyl sites for hydroxylation is 3. The molecule has 0 bridgehead atoms. The van der Waals surface area contributed by atoms with Gasteiger partial charge in [-0.1, -0.05) is 35.9 Å². The van der Waals surface area contributed by atoms with Crippen LogP contribution in [0.4, 0.5) is 0 Å². The molecule has 1 aliphatic rings. The van der Waals surface area contributed by atoms with Crippen molar-refractivity contribution in [2.75, 3.05) is 7.05 Å². The highest BCUT2D eigenvalue weighted by Gasteiger charge is 2.17. The standard InChI is InChI=1S/C19H22ClN/c1-13-11-17(20)9-10-18(13)19(21-2)16-8-7-14-5-3-4-6-15(14)12-16/h7-12,19,21H,3-6H2,1-2H3. The number of benzene rings is 2. The second kappa shape index (κ2) is 6.21. The summed E-state index contributed by atoms with van der Waals surface area (Å²) in [5.41, 5.74) is 6.96. The zero-order valence-electron chi connectivity index (χ0n) is 12.7. The van der Waals surface area contributed by atoms with E-state index in [-0.39, 0.29) is 6.04 Å². The zero-order valence-corrected chi connectivity index (χ0v) is 13.5. The van der Waals surface area contributed by atoms with Crippen LogP contribution in [0.5, 0.6) is 0 Å². The van der Waals surface area contributed by atoms with Crippen LogP contribution in [0.3, 0.4) is 0 Å². The molecule has 0 radical (unpaired) electrons.